The first-order chi connectivity index (χ1) is 9.83. The van der Waals surface area contributed by atoms with E-state index < -0.39 is 0 Å². The summed E-state index contributed by atoms with van der Waals surface area (Å²) in [6.45, 7) is 12.4. The Morgan fingerprint density at radius 3 is 2.00 bits per heavy atom. The molecule has 1 fully saturated rings. The summed E-state index contributed by atoms with van der Waals surface area (Å²) in [5.74, 6) is 0. The summed E-state index contributed by atoms with van der Waals surface area (Å²) >= 11 is 0. The van der Waals surface area contributed by atoms with Crippen LogP contribution >= 0.6 is 0 Å². The minimum absolute atomic E-state index is 0.0949. The molecule has 0 amide bonds. The highest BCUT2D eigenvalue weighted by Crippen LogP contribution is 2.38. The molecule has 3 heteroatoms. The minimum Gasteiger partial charge on any atom is -0.317 e. The Morgan fingerprint density at radius 2 is 1.48 bits per heavy atom. The quantitative estimate of drug-likeness (QED) is 0.633. The molecule has 0 saturated carbocycles. The third kappa shape index (κ3) is 5.88. The van der Waals surface area contributed by atoms with Crippen LogP contribution in [0.25, 0.3) is 0 Å². The molecule has 1 saturated heterocycles. The van der Waals surface area contributed by atoms with E-state index in [2.05, 4.69) is 52.0 Å². The van der Waals surface area contributed by atoms with E-state index in [1.54, 1.807) is 0 Å². The van der Waals surface area contributed by atoms with Gasteiger partial charge in [-0.05, 0) is 54.0 Å². The van der Waals surface area contributed by atoms with Crippen molar-refractivity contribution < 1.29 is 4.84 Å². The van der Waals surface area contributed by atoms with Crippen LogP contribution in [0.15, 0.2) is 0 Å². The first-order valence-corrected chi connectivity index (χ1v) is 8.94. The Morgan fingerprint density at radius 1 is 0.952 bits per heavy atom. The van der Waals surface area contributed by atoms with Crippen LogP contribution in [0.3, 0.4) is 0 Å². The Labute approximate surface area is 132 Å². The highest BCUT2D eigenvalue weighted by molar-refractivity contribution is 4.98. The lowest BCUT2D eigenvalue weighted by Gasteiger charge is -2.53. The maximum atomic E-state index is 6.22. The molecule has 21 heavy (non-hydrogen) atoms. The second kappa shape index (κ2) is 8.50. The van der Waals surface area contributed by atoms with Gasteiger partial charge in [-0.1, -0.05) is 39.0 Å². The molecule has 1 N–H and O–H groups in total. The number of piperidine rings is 1. The summed E-state index contributed by atoms with van der Waals surface area (Å²) in [6, 6.07) is 0.587. The number of nitrogens with one attached hydrogen (secondary N) is 1. The van der Waals surface area contributed by atoms with Crippen molar-refractivity contribution in [3.63, 3.8) is 0 Å². The largest absolute Gasteiger partial charge is 0.317 e. The molecule has 3 nitrogen and oxygen atoms in total. The van der Waals surface area contributed by atoms with Crippen LogP contribution in [0.4, 0.5) is 0 Å². The van der Waals surface area contributed by atoms with Crippen molar-refractivity contribution >= 4 is 0 Å². The topological polar surface area (TPSA) is 24.5 Å². The number of hydrogen-bond donors (Lipinski definition) is 1. The second-order valence-corrected chi connectivity index (χ2v) is 7.91. The lowest BCUT2D eigenvalue weighted by molar-refractivity contribution is -0.284. The average Bonchev–Trinajstić information content (AvgIpc) is 2.38. The summed E-state index contributed by atoms with van der Waals surface area (Å²) in [4.78, 5) is 6.22. The van der Waals surface area contributed by atoms with E-state index in [1.807, 2.05) is 0 Å². The van der Waals surface area contributed by atoms with E-state index >= 15 is 0 Å². The highest BCUT2D eigenvalue weighted by Gasteiger charge is 2.45. The van der Waals surface area contributed by atoms with Gasteiger partial charge in [0, 0.05) is 17.1 Å². The fourth-order valence-electron chi connectivity index (χ4n) is 3.86. The zero-order valence-corrected chi connectivity index (χ0v) is 15.3. The molecule has 0 aromatic rings. The van der Waals surface area contributed by atoms with Crippen LogP contribution in [0.2, 0.25) is 0 Å². The SMILES string of the molecule is CCCCCCCCON1C(C)(C)CC(NC)CC1(C)C. The molecule has 0 spiro atoms. The third-order valence-electron chi connectivity index (χ3n) is 4.72. The zero-order chi connectivity index (χ0) is 15.9. The monoisotopic (exact) mass is 298 g/mol. The summed E-state index contributed by atoms with van der Waals surface area (Å²) in [5.41, 5.74) is 0.190. The van der Waals surface area contributed by atoms with E-state index in [4.69, 9.17) is 4.84 Å². The number of nitrogens with zero attached hydrogens (tertiary/aromatic N) is 1. The summed E-state index contributed by atoms with van der Waals surface area (Å²) in [5, 5.41) is 5.73. The summed E-state index contributed by atoms with van der Waals surface area (Å²) in [6.07, 6.45) is 10.2. The number of hydrogen-bond acceptors (Lipinski definition) is 3. The van der Waals surface area contributed by atoms with Crippen LogP contribution < -0.4 is 5.32 Å². The molecule has 1 heterocycles. The molecule has 0 radical (unpaired) electrons. The molecule has 126 valence electrons. The Kier molecular flexibility index (Phi) is 7.66. The van der Waals surface area contributed by atoms with E-state index in [0.717, 1.165) is 19.4 Å². The van der Waals surface area contributed by atoms with Crippen LogP contribution in [-0.4, -0.2) is 35.8 Å². The number of unbranched alkanes of at least 4 members (excludes halogenated alkanes) is 5. The third-order valence-corrected chi connectivity index (χ3v) is 4.72. The van der Waals surface area contributed by atoms with Crippen LogP contribution in [0.5, 0.6) is 0 Å². The van der Waals surface area contributed by atoms with Crippen molar-refractivity contribution in [2.75, 3.05) is 13.7 Å². The van der Waals surface area contributed by atoms with Crippen LogP contribution in [-0.2, 0) is 4.84 Å². The van der Waals surface area contributed by atoms with Crippen molar-refractivity contribution in [3.05, 3.63) is 0 Å². The van der Waals surface area contributed by atoms with E-state index in [9.17, 15) is 0 Å². The molecule has 0 unspecified atom stereocenters. The predicted molar refractivity (Wildman–Crippen MR) is 91.4 cm³/mol. The molecule has 0 aliphatic carbocycles. The van der Waals surface area contributed by atoms with Crippen LogP contribution in [0.1, 0.15) is 86.0 Å². The highest BCUT2D eigenvalue weighted by atomic mass is 16.7. The first kappa shape index (κ1) is 18.9. The lowest BCUT2D eigenvalue weighted by Crippen LogP contribution is -2.63. The van der Waals surface area contributed by atoms with E-state index in [0.29, 0.717) is 6.04 Å². The molecule has 0 bridgehead atoms. The Balaban J connectivity index is 2.38. The van der Waals surface area contributed by atoms with Gasteiger partial charge in [0.25, 0.3) is 0 Å². The van der Waals surface area contributed by atoms with Gasteiger partial charge in [-0.25, -0.2) is 0 Å². The van der Waals surface area contributed by atoms with Gasteiger partial charge in [0.2, 0.25) is 0 Å². The van der Waals surface area contributed by atoms with Crippen molar-refractivity contribution in [1.82, 2.24) is 10.4 Å². The van der Waals surface area contributed by atoms with Gasteiger partial charge in [-0.3, -0.25) is 4.84 Å². The van der Waals surface area contributed by atoms with Gasteiger partial charge in [-0.2, -0.15) is 5.06 Å². The predicted octanol–water partition coefficient (Wildman–Crippen LogP) is 4.52. The van der Waals surface area contributed by atoms with Gasteiger partial charge >= 0.3 is 0 Å². The molecular weight excluding hydrogens is 260 g/mol. The van der Waals surface area contributed by atoms with Gasteiger partial charge in [0.15, 0.2) is 0 Å². The van der Waals surface area contributed by atoms with Crippen molar-refractivity contribution in [1.29, 1.82) is 0 Å². The molecule has 0 aromatic carbocycles. The number of hydroxylamine groups is 2. The van der Waals surface area contributed by atoms with E-state index in [-0.39, 0.29) is 11.1 Å². The minimum atomic E-state index is 0.0949. The zero-order valence-electron chi connectivity index (χ0n) is 15.3. The summed E-state index contributed by atoms with van der Waals surface area (Å²) in [7, 11) is 2.07. The van der Waals surface area contributed by atoms with Gasteiger partial charge in [-0.15, -0.1) is 0 Å². The molecule has 0 atom stereocenters. The normalized spacial score (nSPS) is 22.6. The maximum Gasteiger partial charge on any atom is 0.0685 e. The summed E-state index contributed by atoms with van der Waals surface area (Å²) < 4.78 is 0. The van der Waals surface area contributed by atoms with E-state index in [1.165, 1.54) is 38.5 Å². The fraction of sp³-hybridized carbons (Fsp3) is 1.00. The van der Waals surface area contributed by atoms with Gasteiger partial charge < -0.3 is 5.32 Å². The van der Waals surface area contributed by atoms with Gasteiger partial charge in [0.05, 0.1) is 6.61 Å². The van der Waals surface area contributed by atoms with Gasteiger partial charge in [0.1, 0.15) is 0 Å². The maximum absolute atomic E-state index is 6.22. The average molecular weight is 299 g/mol. The second-order valence-electron chi connectivity index (χ2n) is 7.91. The smallest absolute Gasteiger partial charge is 0.0685 e. The standard InChI is InChI=1S/C18H38N2O/c1-7-8-9-10-11-12-13-21-20-17(2,3)14-16(19-6)15-18(20,4)5/h16,19H,7-15H2,1-6H3. The Hall–Kier alpha value is -0.120. The lowest BCUT2D eigenvalue weighted by atomic mass is 9.79. The molecular formula is C18H38N2O. The fourth-order valence-corrected chi connectivity index (χ4v) is 3.86. The molecule has 1 aliphatic rings. The van der Waals surface area contributed by atoms with Crippen molar-refractivity contribution in [2.45, 2.75) is 103 Å². The molecule has 1 aliphatic heterocycles. The molecule has 0 aromatic heterocycles. The van der Waals surface area contributed by atoms with Crippen LogP contribution in [0, 0.1) is 0 Å². The van der Waals surface area contributed by atoms with Crippen molar-refractivity contribution in [3.8, 4) is 0 Å². The first-order valence-electron chi connectivity index (χ1n) is 8.94. The van der Waals surface area contributed by atoms with Crippen molar-refractivity contribution in [2.24, 2.45) is 0 Å². The number of rotatable bonds is 9. The molecule has 1 rings (SSSR count). The Bertz CT molecular complexity index is 271.